The summed E-state index contributed by atoms with van der Waals surface area (Å²) in [5, 5.41) is 23.0. The van der Waals surface area contributed by atoms with Gasteiger partial charge in [-0.25, -0.2) is 8.42 Å². The lowest BCUT2D eigenvalue weighted by molar-refractivity contribution is -0.133. The van der Waals surface area contributed by atoms with Crippen LogP contribution in [0.2, 0.25) is 0 Å². The molecule has 4 aliphatic rings. The normalized spacial score (nSPS) is 42.3. The molecule has 0 radical (unpaired) electrons. The first kappa shape index (κ1) is 25.9. The van der Waals surface area contributed by atoms with Gasteiger partial charge in [-0.15, -0.1) is 0 Å². The molecular weight excluding hydrogens is 474 g/mol. The molecule has 198 valence electrons. The molecule has 4 fully saturated rings. The van der Waals surface area contributed by atoms with Crippen LogP contribution in [0, 0.1) is 52.3 Å². The molecule has 1 aromatic heterocycles. The molecule has 0 aromatic carbocycles. The van der Waals surface area contributed by atoms with Crippen LogP contribution in [-0.4, -0.2) is 45.2 Å². The van der Waals surface area contributed by atoms with Crippen molar-refractivity contribution >= 4 is 15.6 Å². The number of rotatable bonds is 5. The number of fused-ring (bicyclic) bond motifs is 5. The summed E-state index contributed by atoms with van der Waals surface area (Å²) in [5.41, 5.74) is -0.505. The van der Waals surface area contributed by atoms with Gasteiger partial charge in [0.2, 0.25) is 0 Å². The molecule has 4 aliphatic carbocycles. The van der Waals surface area contributed by atoms with Gasteiger partial charge in [0.25, 0.3) is 0 Å². The molecule has 0 amide bonds. The van der Waals surface area contributed by atoms with E-state index in [1.165, 1.54) is 10.9 Å². The van der Waals surface area contributed by atoms with E-state index in [2.05, 4.69) is 18.1 Å². The molecule has 36 heavy (non-hydrogen) atoms. The molecule has 0 aliphatic heterocycles. The molecule has 0 spiro atoms. The second-order valence-corrected chi connectivity index (χ2v) is 15.8. The lowest BCUT2D eigenvalue weighted by Crippen LogP contribution is -2.53. The Morgan fingerprint density at radius 3 is 2.58 bits per heavy atom. The number of nitrogens with zero attached hydrogens (tertiary/aromatic N) is 3. The number of ketones is 1. The number of carbonyl (C=O) groups excluding carboxylic acids is 1. The van der Waals surface area contributed by atoms with Crippen molar-refractivity contribution in [1.29, 1.82) is 5.26 Å². The molecule has 1 aromatic rings. The van der Waals surface area contributed by atoms with Gasteiger partial charge in [0.05, 0.1) is 34.4 Å². The van der Waals surface area contributed by atoms with Crippen LogP contribution in [0.3, 0.4) is 0 Å². The van der Waals surface area contributed by atoms with Gasteiger partial charge >= 0.3 is 0 Å². The summed E-state index contributed by atoms with van der Waals surface area (Å²) in [6, 6.07) is 2.05. The average Bonchev–Trinajstić information content (AvgIpc) is 3.39. The fourth-order valence-corrected chi connectivity index (χ4v) is 11.2. The van der Waals surface area contributed by atoms with Gasteiger partial charge in [0.1, 0.15) is 6.07 Å². The van der Waals surface area contributed by atoms with Crippen molar-refractivity contribution < 1.29 is 18.3 Å². The Morgan fingerprint density at radius 2 is 1.92 bits per heavy atom. The maximum Gasteiger partial charge on any atom is 0.157 e. The SMILES string of the molecule is CC(C)S(=O)(=O)C1C[C@H](C(=O)Cn2cc(C#N)cn2)[C@@]2(C)CC[C@H]3[C@@H](CC[C@@H]4C[C@](C)(O)CC[C@@H]43)[C@H]12. The predicted octanol–water partition coefficient (Wildman–Crippen LogP) is 4.15. The summed E-state index contributed by atoms with van der Waals surface area (Å²) in [6.45, 7) is 7.78. The highest BCUT2D eigenvalue weighted by Gasteiger charge is 2.64. The average molecular weight is 516 g/mol. The van der Waals surface area contributed by atoms with Crippen molar-refractivity contribution in [2.75, 3.05) is 0 Å². The van der Waals surface area contributed by atoms with E-state index in [9.17, 15) is 18.3 Å². The van der Waals surface area contributed by atoms with E-state index in [0.29, 0.717) is 35.7 Å². The quantitative estimate of drug-likeness (QED) is 0.630. The zero-order valence-corrected chi connectivity index (χ0v) is 22.9. The van der Waals surface area contributed by atoms with Crippen molar-refractivity contribution in [2.24, 2.45) is 40.9 Å². The minimum Gasteiger partial charge on any atom is -0.390 e. The molecule has 1 unspecified atom stereocenters. The monoisotopic (exact) mass is 515 g/mol. The van der Waals surface area contributed by atoms with Crippen LogP contribution in [0.15, 0.2) is 12.4 Å². The van der Waals surface area contributed by atoms with Crippen LogP contribution in [-0.2, 0) is 21.2 Å². The summed E-state index contributed by atoms with van der Waals surface area (Å²) < 4.78 is 29.0. The molecule has 8 heteroatoms. The maximum absolute atomic E-state index is 13.7. The number of Topliss-reactive ketones (excluding diaryl/α,β-unsaturated/α-hetero) is 1. The third-order valence-electron chi connectivity index (χ3n) is 10.7. The van der Waals surface area contributed by atoms with Crippen LogP contribution in [0.1, 0.15) is 84.6 Å². The van der Waals surface area contributed by atoms with Crippen LogP contribution in [0.4, 0.5) is 0 Å². The van der Waals surface area contributed by atoms with Crippen molar-refractivity contribution in [3.8, 4) is 6.07 Å². The molecule has 7 nitrogen and oxygen atoms in total. The van der Waals surface area contributed by atoms with E-state index in [0.717, 1.165) is 44.9 Å². The highest BCUT2D eigenvalue weighted by Crippen LogP contribution is 2.66. The van der Waals surface area contributed by atoms with Gasteiger partial charge in [0, 0.05) is 12.1 Å². The number of hydrogen-bond acceptors (Lipinski definition) is 6. The second kappa shape index (κ2) is 8.94. The third-order valence-corrected chi connectivity index (χ3v) is 13.4. The Bertz CT molecular complexity index is 1170. The zero-order valence-electron chi connectivity index (χ0n) is 22.1. The van der Waals surface area contributed by atoms with Crippen LogP contribution in [0.25, 0.3) is 0 Å². The number of sulfone groups is 1. The first-order valence-electron chi connectivity index (χ1n) is 13.8. The molecule has 1 N–H and O–H groups in total. The van der Waals surface area contributed by atoms with Crippen LogP contribution >= 0.6 is 0 Å². The van der Waals surface area contributed by atoms with Crippen LogP contribution < -0.4 is 0 Å². The molecule has 5 rings (SSSR count). The highest BCUT2D eigenvalue weighted by molar-refractivity contribution is 7.92. The first-order valence-corrected chi connectivity index (χ1v) is 15.4. The van der Waals surface area contributed by atoms with E-state index in [-0.39, 0.29) is 29.6 Å². The van der Waals surface area contributed by atoms with E-state index >= 15 is 0 Å². The lowest BCUT2D eigenvalue weighted by Gasteiger charge is -2.57. The minimum absolute atomic E-state index is 0.00622. The van der Waals surface area contributed by atoms with Crippen molar-refractivity contribution in [2.45, 2.75) is 102 Å². The summed E-state index contributed by atoms with van der Waals surface area (Å²) in [7, 11) is -3.38. The minimum atomic E-state index is -3.38. The summed E-state index contributed by atoms with van der Waals surface area (Å²) in [6.07, 6.45) is 10.1. The van der Waals surface area contributed by atoms with Crippen molar-refractivity contribution in [3.05, 3.63) is 18.0 Å². The zero-order chi connectivity index (χ0) is 26.0. The number of carbonyl (C=O) groups is 1. The van der Waals surface area contributed by atoms with Gasteiger partial charge in [-0.2, -0.15) is 10.4 Å². The van der Waals surface area contributed by atoms with E-state index < -0.39 is 25.9 Å². The number of aliphatic hydroxyl groups is 1. The topological polar surface area (TPSA) is 113 Å². The van der Waals surface area contributed by atoms with Crippen LogP contribution in [0.5, 0.6) is 0 Å². The smallest absolute Gasteiger partial charge is 0.157 e. The predicted molar refractivity (Wildman–Crippen MR) is 136 cm³/mol. The van der Waals surface area contributed by atoms with Crippen molar-refractivity contribution in [1.82, 2.24) is 9.78 Å². The highest BCUT2D eigenvalue weighted by atomic mass is 32.2. The summed E-state index contributed by atoms with van der Waals surface area (Å²) in [5.74, 6) is 1.60. The van der Waals surface area contributed by atoms with Gasteiger partial charge in [-0.1, -0.05) is 6.92 Å². The van der Waals surface area contributed by atoms with E-state index in [1.807, 2.05) is 6.92 Å². The molecule has 9 atom stereocenters. The summed E-state index contributed by atoms with van der Waals surface area (Å²) >= 11 is 0. The Hall–Kier alpha value is -1.72. The summed E-state index contributed by atoms with van der Waals surface area (Å²) in [4.78, 5) is 13.7. The maximum atomic E-state index is 13.7. The standard InChI is InChI=1S/C28H41N3O4S/c1-17(2)36(34,35)25-11-23(24(32)16-31-15-18(13-29)14-30-31)28(4)10-8-21-20-7-9-27(3,33)12-19(20)5-6-22(21)26(25)28/h14-15,17,19-23,25-26,33H,5-12,16H2,1-4H3/t19-,20+,21-,22-,23-,25?,26-,27-,28-/m1/s1. The molecule has 4 saturated carbocycles. The molecule has 0 bridgehead atoms. The fourth-order valence-electron chi connectivity index (χ4n) is 9.08. The van der Waals surface area contributed by atoms with E-state index in [4.69, 9.17) is 5.26 Å². The largest absolute Gasteiger partial charge is 0.390 e. The van der Waals surface area contributed by atoms with Gasteiger partial charge in [-0.3, -0.25) is 9.48 Å². The Balaban J connectivity index is 1.47. The fraction of sp³-hybridized carbons (Fsp3) is 0.821. The lowest BCUT2D eigenvalue weighted by atomic mass is 9.49. The number of nitriles is 1. The third kappa shape index (κ3) is 4.15. The van der Waals surface area contributed by atoms with Gasteiger partial charge in [0.15, 0.2) is 15.6 Å². The Labute approximate surface area is 215 Å². The number of aromatic nitrogens is 2. The molecule has 0 saturated heterocycles. The van der Waals surface area contributed by atoms with E-state index in [1.54, 1.807) is 20.0 Å². The Morgan fingerprint density at radius 1 is 1.19 bits per heavy atom. The number of hydrogen-bond donors (Lipinski definition) is 1. The molecule has 1 heterocycles. The van der Waals surface area contributed by atoms with Crippen molar-refractivity contribution in [3.63, 3.8) is 0 Å². The van der Waals surface area contributed by atoms with Gasteiger partial charge < -0.3 is 5.11 Å². The molecular formula is C28H41N3O4S. The first-order chi connectivity index (χ1) is 16.9. The second-order valence-electron chi connectivity index (χ2n) is 13.1. The van der Waals surface area contributed by atoms with Gasteiger partial charge in [-0.05, 0) is 107 Å². The Kier molecular flexibility index (Phi) is 6.43.